The first-order valence-electron chi connectivity index (χ1n) is 12.1. The molecule has 8 nitrogen and oxygen atoms in total. The summed E-state index contributed by atoms with van der Waals surface area (Å²) in [4.78, 5) is 27.4. The number of sulfonamides is 1. The highest BCUT2D eigenvalue weighted by atomic mass is 32.2. The number of benzene rings is 1. The average Bonchev–Trinajstić information content (AvgIpc) is 3.32. The fourth-order valence-corrected chi connectivity index (χ4v) is 6.26. The summed E-state index contributed by atoms with van der Waals surface area (Å²) in [7, 11) is -2.39. The van der Waals surface area contributed by atoms with Crippen LogP contribution in [0.1, 0.15) is 75.6 Å². The van der Waals surface area contributed by atoms with Crippen molar-refractivity contribution >= 4 is 21.8 Å². The van der Waals surface area contributed by atoms with Gasteiger partial charge in [0.05, 0.1) is 7.11 Å². The lowest BCUT2D eigenvalue weighted by atomic mass is 9.98. The van der Waals surface area contributed by atoms with E-state index in [1.807, 2.05) is 18.7 Å². The van der Waals surface area contributed by atoms with Crippen LogP contribution in [0, 0.1) is 5.92 Å². The monoisotopic (exact) mass is 479 g/mol. The summed E-state index contributed by atoms with van der Waals surface area (Å²) in [6.45, 7) is 5.30. The quantitative estimate of drug-likeness (QED) is 0.566. The number of methoxy groups -OCH3 is 1. The van der Waals surface area contributed by atoms with Crippen molar-refractivity contribution < 1.29 is 22.7 Å². The van der Waals surface area contributed by atoms with Crippen LogP contribution in [0.5, 0.6) is 5.75 Å². The normalized spacial score (nSPS) is 18.0. The Kier molecular flexibility index (Phi) is 8.75. The highest BCUT2D eigenvalue weighted by molar-refractivity contribution is 7.89. The Morgan fingerprint density at radius 1 is 1.06 bits per heavy atom. The first kappa shape index (κ1) is 25.5. The van der Waals surface area contributed by atoms with Crippen molar-refractivity contribution in [2.24, 2.45) is 5.92 Å². The first-order valence-corrected chi connectivity index (χ1v) is 13.6. The van der Waals surface area contributed by atoms with E-state index in [1.54, 1.807) is 6.07 Å². The molecule has 0 unspecified atom stereocenters. The van der Waals surface area contributed by atoms with Gasteiger partial charge in [-0.15, -0.1) is 0 Å². The molecule has 2 aliphatic rings. The number of piperidine rings is 1. The van der Waals surface area contributed by atoms with Crippen molar-refractivity contribution in [1.82, 2.24) is 14.9 Å². The molecule has 1 saturated carbocycles. The van der Waals surface area contributed by atoms with Crippen LogP contribution in [0.3, 0.4) is 0 Å². The number of hydrogen-bond acceptors (Lipinski definition) is 5. The summed E-state index contributed by atoms with van der Waals surface area (Å²) >= 11 is 0. The average molecular weight is 480 g/mol. The molecule has 33 heavy (non-hydrogen) atoms. The summed E-state index contributed by atoms with van der Waals surface area (Å²) in [5, 5.41) is 3.01. The molecule has 1 heterocycles. The largest absolute Gasteiger partial charge is 0.495 e. The van der Waals surface area contributed by atoms with E-state index in [2.05, 4.69) is 10.0 Å². The molecule has 0 aromatic heterocycles. The molecule has 0 spiro atoms. The molecule has 0 radical (unpaired) electrons. The number of carbonyl (C=O) groups is 2. The topological polar surface area (TPSA) is 105 Å². The zero-order valence-electron chi connectivity index (χ0n) is 19.9. The maximum Gasteiger partial charge on any atom is 0.251 e. The molecule has 1 aromatic rings. The third kappa shape index (κ3) is 6.26. The van der Waals surface area contributed by atoms with E-state index in [0.717, 1.165) is 38.5 Å². The van der Waals surface area contributed by atoms with Crippen molar-refractivity contribution in [3.05, 3.63) is 23.8 Å². The van der Waals surface area contributed by atoms with Crippen LogP contribution in [0.2, 0.25) is 0 Å². The SMILES string of the molecule is CCC(CC)C(=O)N1CCC(NC(=O)c2ccc(OC)c(S(=O)(=O)NC3CCCC3)c2)CC1. The van der Waals surface area contributed by atoms with E-state index in [0.29, 0.717) is 25.9 Å². The van der Waals surface area contributed by atoms with Crippen molar-refractivity contribution in [2.75, 3.05) is 20.2 Å². The number of hydrogen-bond donors (Lipinski definition) is 2. The minimum atomic E-state index is -3.80. The number of carbonyl (C=O) groups excluding carboxylic acids is 2. The second-order valence-corrected chi connectivity index (χ2v) is 10.7. The number of rotatable bonds is 9. The number of amides is 2. The molecule has 2 fully saturated rings. The number of nitrogens with zero attached hydrogens (tertiary/aromatic N) is 1. The molecule has 2 N–H and O–H groups in total. The molecule has 1 aromatic carbocycles. The van der Waals surface area contributed by atoms with Crippen molar-refractivity contribution in [3.8, 4) is 5.75 Å². The van der Waals surface area contributed by atoms with Gasteiger partial charge in [0.1, 0.15) is 10.6 Å². The van der Waals surface area contributed by atoms with Gasteiger partial charge in [-0.1, -0.05) is 26.7 Å². The highest BCUT2D eigenvalue weighted by Crippen LogP contribution is 2.27. The van der Waals surface area contributed by atoms with Crippen LogP contribution < -0.4 is 14.8 Å². The number of ether oxygens (including phenoxy) is 1. The highest BCUT2D eigenvalue weighted by Gasteiger charge is 2.29. The van der Waals surface area contributed by atoms with Gasteiger partial charge < -0.3 is 15.0 Å². The lowest BCUT2D eigenvalue weighted by molar-refractivity contribution is -0.136. The Labute approximate surface area is 197 Å². The third-order valence-corrected chi connectivity index (χ3v) is 8.41. The van der Waals surface area contributed by atoms with Gasteiger partial charge in [0.25, 0.3) is 5.91 Å². The third-order valence-electron chi connectivity index (χ3n) is 6.87. The molecule has 1 saturated heterocycles. The lowest BCUT2D eigenvalue weighted by Gasteiger charge is -2.34. The Bertz CT molecular complexity index is 931. The summed E-state index contributed by atoms with van der Waals surface area (Å²) < 4.78 is 34.0. The standard InChI is InChI=1S/C24H37N3O5S/c1-4-17(5-2)24(29)27-14-12-19(13-15-27)25-23(28)18-10-11-21(32-3)22(16-18)33(30,31)26-20-8-6-7-9-20/h10-11,16-17,19-20,26H,4-9,12-15H2,1-3H3,(H,25,28). The minimum absolute atomic E-state index is 0.0184. The van der Waals surface area contributed by atoms with Crippen molar-refractivity contribution in [1.29, 1.82) is 0 Å². The van der Waals surface area contributed by atoms with Crippen LogP contribution in [0.25, 0.3) is 0 Å². The minimum Gasteiger partial charge on any atom is -0.495 e. The van der Waals surface area contributed by atoms with Gasteiger partial charge >= 0.3 is 0 Å². The molecule has 1 aliphatic carbocycles. The Morgan fingerprint density at radius 2 is 1.70 bits per heavy atom. The Balaban J connectivity index is 1.65. The maximum atomic E-state index is 13.0. The predicted molar refractivity (Wildman–Crippen MR) is 127 cm³/mol. The Hall–Kier alpha value is -2.13. The summed E-state index contributed by atoms with van der Waals surface area (Å²) in [6.07, 6.45) is 6.70. The van der Waals surface area contributed by atoms with E-state index in [-0.39, 0.29) is 46.0 Å². The molecular weight excluding hydrogens is 442 g/mol. The summed E-state index contributed by atoms with van der Waals surface area (Å²) in [5.41, 5.74) is 0.276. The molecule has 9 heteroatoms. The molecular formula is C24H37N3O5S. The lowest BCUT2D eigenvalue weighted by Crippen LogP contribution is -2.48. The molecule has 2 amide bonds. The van der Waals surface area contributed by atoms with Crippen molar-refractivity contribution in [2.45, 2.75) is 82.2 Å². The Morgan fingerprint density at radius 3 is 2.27 bits per heavy atom. The van der Waals surface area contributed by atoms with Crippen LogP contribution in [0.15, 0.2) is 23.1 Å². The first-order chi connectivity index (χ1) is 15.8. The van der Waals surface area contributed by atoms with Crippen LogP contribution in [0.4, 0.5) is 0 Å². The van der Waals surface area contributed by atoms with E-state index in [9.17, 15) is 18.0 Å². The maximum absolute atomic E-state index is 13.0. The van der Waals surface area contributed by atoms with Gasteiger partial charge in [-0.2, -0.15) is 0 Å². The van der Waals surface area contributed by atoms with E-state index >= 15 is 0 Å². The molecule has 3 rings (SSSR count). The van der Waals surface area contributed by atoms with Gasteiger partial charge in [-0.25, -0.2) is 13.1 Å². The molecule has 184 valence electrons. The van der Waals surface area contributed by atoms with E-state index in [1.165, 1.54) is 19.2 Å². The molecule has 1 aliphatic heterocycles. The van der Waals surface area contributed by atoms with Crippen LogP contribution >= 0.6 is 0 Å². The smallest absolute Gasteiger partial charge is 0.251 e. The number of nitrogens with one attached hydrogen (secondary N) is 2. The second-order valence-electron chi connectivity index (χ2n) is 9.05. The molecule has 0 atom stereocenters. The van der Waals surface area contributed by atoms with Crippen LogP contribution in [-0.4, -0.2) is 57.4 Å². The van der Waals surface area contributed by atoms with Crippen molar-refractivity contribution in [3.63, 3.8) is 0 Å². The fourth-order valence-electron chi connectivity index (χ4n) is 4.76. The summed E-state index contributed by atoms with van der Waals surface area (Å²) in [6, 6.07) is 4.35. The van der Waals surface area contributed by atoms with Gasteiger partial charge in [-0.05, 0) is 56.7 Å². The van der Waals surface area contributed by atoms with Gasteiger partial charge in [0.15, 0.2) is 0 Å². The fraction of sp³-hybridized carbons (Fsp3) is 0.667. The predicted octanol–water partition coefficient (Wildman–Crippen LogP) is 3.07. The van der Waals surface area contributed by atoms with Gasteiger partial charge in [0.2, 0.25) is 15.9 Å². The number of likely N-dealkylation sites (tertiary alicyclic amines) is 1. The summed E-state index contributed by atoms with van der Waals surface area (Å²) in [5.74, 6) is 0.156. The van der Waals surface area contributed by atoms with E-state index in [4.69, 9.17) is 4.74 Å². The zero-order valence-corrected chi connectivity index (χ0v) is 20.7. The van der Waals surface area contributed by atoms with E-state index < -0.39 is 10.0 Å². The second kappa shape index (κ2) is 11.3. The van der Waals surface area contributed by atoms with Gasteiger partial charge in [0, 0.05) is 36.7 Å². The molecule has 0 bridgehead atoms. The zero-order chi connectivity index (χ0) is 24.0. The van der Waals surface area contributed by atoms with Crippen LogP contribution in [-0.2, 0) is 14.8 Å². The van der Waals surface area contributed by atoms with Gasteiger partial charge in [-0.3, -0.25) is 9.59 Å².